The number of aliphatic carboxylic acids is 1. The lowest BCUT2D eigenvalue weighted by molar-refractivity contribution is -0.136. The first-order valence-corrected chi connectivity index (χ1v) is 14.2. The van der Waals surface area contributed by atoms with Gasteiger partial charge in [0.05, 0.1) is 30.3 Å². The van der Waals surface area contributed by atoms with Gasteiger partial charge in [0.15, 0.2) is 0 Å². The van der Waals surface area contributed by atoms with E-state index in [1.165, 1.54) is 0 Å². The first-order valence-electron chi connectivity index (χ1n) is 12.5. The van der Waals surface area contributed by atoms with Crippen molar-refractivity contribution in [3.63, 3.8) is 0 Å². The van der Waals surface area contributed by atoms with Crippen molar-refractivity contribution < 1.29 is 23.7 Å². The molecule has 1 heterocycles. The topological polar surface area (TPSA) is 111 Å². The second-order valence-electron chi connectivity index (χ2n) is 9.49. The summed E-state index contributed by atoms with van der Waals surface area (Å²) in [5.41, 5.74) is 2.14. The zero-order valence-corrected chi connectivity index (χ0v) is 21.9. The van der Waals surface area contributed by atoms with E-state index in [0.29, 0.717) is 16.2 Å². The van der Waals surface area contributed by atoms with Gasteiger partial charge in [0.1, 0.15) is 5.75 Å². The first-order chi connectivity index (χ1) is 16.7. The average Bonchev–Trinajstić information content (AvgIpc) is 2.93. The van der Waals surface area contributed by atoms with Crippen molar-refractivity contribution in [1.82, 2.24) is 10.6 Å². The van der Waals surface area contributed by atoms with Gasteiger partial charge in [0.25, 0.3) is 0 Å². The Kier molecular flexibility index (Phi) is 9.61. The zero-order chi connectivity index (χ0) is 25.5. The van der Waals surface area contributed by atoms with Gasteiger partial charge >= 0.3 is 5.97 Å². The fourth-order valence-electron chi connectivity index (χ4n) is 5.00. The highest BCUT2D eigenvalue weighted by Gasteiger charge is 2.43. The Morgan fingerprint density at radius 3 is 2.37 bits per heavy atom. The van der Waals surface area contributed by atoms with E-state index in [0.717, 1.165) is 49.7 Å². The van der Waals surface area contributed by atoms with Gasteiger partial charge < -0.3 is 15.2 Å². The number of rotatable bonds is 12. The highest BCUT2D eigenvalue weighted by Crippen LogP contribution is 2.58. The second kappa shape index (κ2) is 12.2. The van der Waals surface area contributed by atoms with Crippen molar-refractivity contribution in [3.8, 4) is 5.75 Å². The third-order valence-corrected chi connectivity index (χ3v) is 8.76. The van der Waals surface area contributed by atoms with Gasteiger partial charge in [-0.15, -0.1) is 0 Å². The minimum absolute atomic E-state index is 0.193. The number of carbonyl (C=O) groups is 1. The van der Waals surface area contributed by atoms with Gasteiger partial charge in [-0.25, -0.2) is 0 Å². The minimum Gasteiger partial charge on any atom is -0.496 e. The maximum Gasteiger partial charge on any atom is 0.317 e. The molecule has 5 N–H and O–H groups in total. The number of ether oxygens (including phenoxy) is 1. The molecule has 0 radical (unpaired) electrons. The molecule has 0 aliphatic carbocycles. The maximum absolute atomic E-state index is 11.7. The molecular formula is C27H40N2O5S. The number of hydrogen-bond acceptors (Lipinski definition) is 6. The molecular weight excluding hydrogens is 464 g/mol. The van der Waals surface area contributed by atoms with E-state index in [2.05, 4.69) is 36.6 Å². The van der Waals surface area contributed by atoms with E-state index in [1.54, 1.807) is 13.2 Å². The van der Waals surface area contributed by atoms with Crippen LogP contribution in [0.2, 0.25) is 0 Å². The van der Waals surface area contributed by atoms with E-state index < -0.39 is 22.1 Å². The van der Waals surface area contributed by atoms with Gasteiger partial charge in [-0.2, -0.15) is 10.6 Å². The standard InChI is InChI=1S/C27H40N2O5S/c1-4-6-13-27(14-7-5-2)19-35(32,33)24-15-21(17-28-18-25(30)31)23(34-3)16-22(24)26(29-27)20-11-9-8-10-12-20/h8-12,15-16,26,28-29,32-33H,4-7,13-14,17-19H2,1-3H3,(H,30,31). The van der Waals surface area contributed by atoms with Crippen molar-refractivity contribution in [2.45, 2.75) is 75.4 Å². The molecule has 35 heavy (non-hydrogen) atoms. The number of carboxylic acids is 1. The quantitative estimate of drug-likeness (QED) is 0.249. The molecule has 0 bridgehead atoms. The lowest BCUT2D eigenvalue weighted by Gasteiger charge is -2.42. The van der Waals surface area contributed by atoms with Gasteiger partial charge in [-0.05, 0) is 30.5 Å². The molecule has 1 aliphatic rings. The largest absolute Gasteiger partial charge is 0.496 e. The van der Waals surface area contributed by atoms with Crippen LogP contribution in [0.15, 0.2) is 47.4 Å². The van der Waals surface area contributed by atoms with Crippen molar-refractivity contribution in [1.29, 1.82) is 0 Å². The summed E-state index contributed by atoms with van der Waals surface area (Å²) >= 11 is 0. The van der Waals surface area contributed by atoms with Crippen LogP contribution < -0.4 is 15.4 Å². The summed E-state index contributed by atoms with van der Waals surface area (Å²) in [6.45, 7) is 4.38. The van der Waals surface area contributed by atoms with E-state index >= 15 is 0 Å². The maximum atomic E-state index is 11.7. The number of fused-ring (bicyclic) bond motifs is 1. The van der Waals surface area contributed by atoms with Gasteiger partial charge in [0, 0.05) is 23.2 Å². The molecule has 0 saturated heterocycles. The molecule has 3 rings (SSSR count). The Morgan fingerprint density at radius 2 is 1.80 bits per heavy atom. The predicted molar refractivity (Wildman–Crippen MR) is 142 cm³/mol. The lowest BCUT2D eigenvalue weighted by atomic mass is 9.86. The Balaban J connectivity index is 2.16. The van der Waals surface area contributed by atoms with Crippen LogP contribution in [0.5, 0.6) is 5.75 Å². The van der Waals surface area contributed by atoms with Crippen molar-refractivity contribution >= 4 is 16.6 Å². The minimum atomic E-state index is -3.14. The van der Waals surface area contributed by atoms with Gasteiger partial charge in [-0.1, -0.05) is 69.9 Å². The molecule has 8 heteroatoms. The second-order valence-corrected chi connectivity index (χ2v) is 11.5. The summed E-state index contributed by atoms with van der Waals surface area (Å²) in [4.78, 5) is 11.5. The van der Waals surface area contributed by atoms with Crippen molar-refractivity contribution in [2.24, 2.45) is 0 Å². The summed E-state index contributed by atoms with van der Waals surface area (Å²) in [7, 11) is -1.56. The van der Waals surface area contributed by atoms with Gasteiger partial charge in [0.2, 0.25) is 0 Å². The molecule has 0 amide bonds. The smallest absolute Gasteiger partial charge is 0.317 e. The number of unbranched alkanes of at least 4 members (excludes halogenated alkanes) is 2. The summed E-state index contributed by atoms with van der Waals surface area (Å²) in [5.74, 6) is -0.104. The Morgan fingerprint density at radius 1 is 1.14 bits per heavy atom. The van der Waals surface area contributed by atoms with E-state index in [1.807, 2.05) is 24.3 Å². The number of hydrogen-bond donors (Lipinski definition) is 5. The van der Waals surface area contributed by atoms with E-state index in [4.69, 9.17) is 9.84 Å². The normalized spacial score (nSPS) is 19.4. The third-order valence-electron chi connectivity index (χ3n) is 6.75. The molecule has 1 unspecified atom stereocenters. The summed E-state index contributed by atoms with van der Waals surface area (Å²) in [5, 5.41) is 15.8. The fraction of sp³-hybridized carbons (Fsp3) is 0.519. The van der Waals surface area contributed by atoms with Crippen LogP contribution in [0, 0.1) is 0 Å². The molecule has 0 saturated carbocycles. The molecule has 0 aromatic heterocycles. The van der Waals surface area contributed by atoms with Crippen LogP contribution in [0.25, 0.3) is 0 Å². The number of nitrogens with one attached hydrogen (secondary N) is 2. The Hall–Kier alpha value is -2.10. The number of benzene rings is 2. The molecule has 2 aromatic carbocycles. The van der Waals surface area contributed by atoms with Crippen molar-refractivity contribution in [2.75, 3.05) is 19.4 Å². The third kappa shape index (κ3) is 6.77. The average molecular weight is 505 g/mol. The van der Waals surface area contributed by atoms with Crippen LogP contribution >= 0.6 is 10.6 Å². The highest BCUT2D eigenvalue weighted by molar-refractivity contribution is 8.24. The van der Waals surface area contributed by atoms with Crippen molar-refractivity contribution in [3.05, 3.63) is 59.2 Å². The SMILES string of the molecule is CCCCC1(CCCC)CS(O)(O)c2cc(CNCC(=O)O)c(OC)cc2C(c2ccccc2)N1. The molecule has 1 aliphatic heterocycles. The van der Waals surface area contributed by atoms with E-state index in [9.17, 15) is 13.9 Å². The molecule has 0 fully saturated rings. The molecule has 194 valence electrons. The molecule has 1 atom stereocenters. The lowest BCUT2D eigenvalue weighted by Crippen LogP contribution is -2.50. The van der Waals surface area contributed by atoms with Gasteiger partial charge in [-0.3, -0.25) is 19.2 Å². The summed E-state index contributed by atoms with van der Waals surface area (Å²) < 4.78 is 29.0. The monoisotopic (exact) mass is 504 g/mol. The highest BCUT2D eigenvalue weighted by atomic mass is 32.3. The molecule has 2 aromatic rings. The Labute approximate surface area is 210 Å². The van der Waals surface area contributed by atoms with E-state index in [-0.39, 0.29) is 24.9 Å². The molecule has 0 spiro atoms. The predicted octanol–water partition coefficient (Wildman–Crippen LogP) is 5.79. The van der Waals surface area contributed by atoms with Crippen LogP contribution in [0.4, 0.5) is 0 Å². The number of carboxylic acid groups (broad SMARTS) is 1. The molecule has 7 nitrogen and oxygen atoms in total. The summed E-state index contributed by atoms with van der Waals surface area (Å²) in [6, 6.07) is 13.6. The van der Waals surface area contributed by atoms with Crippen LogP contribution in [0.1, 0.15) is 75.1 Å². The fourth-order valence-corrected chi connectivity index (χ4v) is 7.18. The zero-order valence-electron chi connectivity index (χ0n) is 21.0. The summed E-state index contributed by atoms with van der Waals surface area (Å²) in [6.07, 6.45) is 5.78. The van der Waals surface area contributed by atoms with Crippen LogP contribution in [-0.4, -0.2) is 45.1 Å². The Bertz CT molecular complexity index is 975. The van der Waals surface area contributed by atoms with Crippen LogP contribution in [0.3, 0.4) is 0 Å². The first kappa shape index (κ1) is 27.5. The van der Waals surface area contributed by atoms with Crippen LogP contribution in [-0.2, 0) is 11.3 Å². The number of methoxy groups -OCH3 is 1.